The molecular weight excluding hydrogens is 151 g/mol. The first kappa shape index (κ1) is 12.8. The average molecular weight is 168 g/mol. The molecule has 0 bridgehead atoms. The van der Waals surface area contributed by atoms with E-state index in [1.54, 1.807) is 0 Å². The van der Waals surface area contributed by atoms with E-state index in [0.717, 1.165) is 0 Å². The van der Waals surface area contributed by atoms with Crippen molar-refractivity contribution in [1.82, 2.24) is 0 Å². The molecule has 0 unspecified atom stereocenters. The fourth-order valence-corrected chi connectivity index (χ4v) is 1.32. The summed E-state index contributed by atoms with van der Waals surface area (Å²) >= 11 is 0. The Balaban J connectivity index is 0.00000144. The summed E-state index contributed by atoms with van der Waals surface area (Å²) in [5, 5.41) is 0. The molecule has 1 aromatic rings. The number of hydrogen-bond donors (Lipinski definition) is 0. The fourth-order valence-electron chi connectivity index (χ4n) is 1.32. The Bertz CT molecular complexity index is 261. The Morgan fingerprint density at radius 2 is 1.38 bits per heavy atom. The molecule has 0 saturated carbocycles. The molecule has 0 atom stereocenters. The molecule has 0 saturated heterocycles. The van der Waals surface area contributed by atoms with Crippen molar-refractivity contribution in [3.63, 3.8) is 0 Å². The van der Waals surface area contributed by atoms with Crippen LogP contribution in [-0.2, 0) is 5.41 Å². The second-order valence-corrected chi connectivity index (χ2v) is 4.49. The van der Waals surface area contributed by atoms with Crippen LogP contribution in [0.1, 0.15) is 37.5 Å². The van der Waals surface area contributed by atoms with Gasteiger partial charge in [0.2, 0.25) is 0 Å². The van der Waals surface area contributed by atoms with Crippen LogP contribution >= 0.6 is 0 Å². The third-order valence-corrected chi connectivity index (χ3v) is 2.00. The van der Waals surface area contributed by atoms with Crippen LogP contribution in [0.2, 0.25) is 0 Å². The molecule has 0 aromatic heterocycles. The summed E-state index contributed by atoms with van der Waals surface area (Å²) in [5.41, 5.74) is 4.13. The van der Waals surface area contributed by atoms with Gasteiger partial charge < -0.3 is 0 Å². The molecule has 0 amide bonds. The summed E-state index contributed by atoms with van der Waals surface area (Å²) in [6.07, 6.45) is 0. The number of benzene rings is 1. The van der Waals surface area contributed by atoms with Crippen molar-refractivity contribution in [2.24, 2.45) is 0 Å². The standard InChI is InChI=1S/C12H17.Li/c1-9-6-10(2)8-11(7-9)12(3,4)5;/h7-8H,1-5H3;/q-1;+1. The van der Waals surface area contributed by atoms with Crippen LogP contribution < -0.4 is 18.9 Å². The Labute approximate surface area is 93.9 Å². The minimum Gasteiger partial charge on any atom is -0.177 e. The van der Waals surface area contributed by atoms with E-state index < -0.39 is 0 Å². The molecule has 0 fully saturated rings. The van der Waals surface area contributed by atoms with Crippen molar-refractivity contribution in [1.29, 1.82) is 0 Å². The van der Waals surface area contributed by atoms with Crippen LogP contribution in [0.25, 0.3) is 0 Å². The Morgan fingerprint density at radius 1 is 1.00 bits per heavy atom. The quantitative estimate of drug-likeness (QED) is 0.389. The van der Waals surface area contributed by atoms with Gasteiger partial charge in [0.25, 0.3) is 0 Å². The second-order valence-electron chi connectivity index (χ2n) is 4.49. The van der Waals surface area contributed by atoms with Gasteiger partial charge in [-0.25, -0.2) is 0 Å². The van der Waals surface area contributed by atoms with Crippen molar-refractivity contribution in [2.75, 3.05) is 0 Å². The largest absolute Gasteiger partial charge is 1.00 e. The monoisotopic (exact) mass is 168 g/mol. The van der Waals surface area contributed by atoms with Crippen LogP contribution in [0.15, 0.2) is 12.1 Å². The zero-order valence-electron chi connectivity index (χ0n) is 9.65. The molecule has 1 rings (SSSR count). The SMILES string of the molecule is Cc1[c-]c(C)cc(C(C)(C)C)c1.[Li+]. The average Bonchev–Trinajstić information content (AvgIpc) is 1.82. The van der Waals surface area contributed by atoms with E-state index in [2.05, 4.69) is 52.8 Å². The molecule has 0 nitrogen and oxygen atoms in total. The van der Waals surface area contributed by atoms with Crippen LogP contribution in [0.4, 0.5) is 0 Å². The van der Waals surface area contributed by atoms with E-state index in [4.69, 9.17) is 0 Å². The zero-order valence-corrected chi connectivity index (χ0v) is 9.65. The minimum atomic E-state index is 0. The molecule has 0 aliphatic carbocycles. The van der Waals surface area contributed by atoms with Crippen LogP contribution in [0, 0.1) is 19.9 Å². The summed E-state index contributed by atoms with van der Waals surface area (Å²) in [7, 11) is 0. The van der Waals surface area contributed by atoms with Crippen LogP contribution in [0.5, 0.6) is 0 Å². The molecule has 66 valence electrons. The van der Waals surface area contributed by atoms with E-state index in [-0.39, 0.29) is 24.3 Å². The van der Waals surface area contributed by atoms with Crippen molar-refractivity contribution in [3.8, 4) is 0 Å². The Kier molecular flexibility index (Phi) is 4.29. The molecule has 0 heterocycles. The summed E-state index contributed by atoms with van der Waals surface area (Å²) in [6.45, 7) is 10.9. The molecule has 0 spiro atoms. The minimum absolute atomic E-state index is 0. The van der Waals surface area contributed by atoms with Gasteiger partial charge in [-0.2, -0.15) is 34.9 Å². The molecule has 13 heavy (non-hydrogen) atoms. The maximum absolute atomic E-state index is 3.28. The number of rotatable bonds is 0. The summed E-state index contributed by atoms with van der Waals surface area (Å²) < 4.78 is 0. The first-order chi connectivity index (χ1) is 5.39. The van der Waals surface area contributed by atoms with E-state index in [9.17, 15) is 0 Å². The summed E-state index contributed by atoms with van der Waals surface area (Å²) in [6, 6.07) is 7.71. The van der Waals surface area contributed by atoms with Crippen molar-refractivity contribution in [2.45, 2.75) is 40.0 Å². The third-order valence-electron chi connectivity index (χ3n) is 2.00. The zero-order chi connectivity index (χ0) is 9.35. The number of aryl methyl sites for hydroxylation is 2. The Morgan fingerprint density at radius 3 is 1.69 bits per heavy atom. The van der Waals surface area contributed by atoms with Crippen LogP contribution in [0.3, 0.4) is 0 Å². The van der Waals surface area contributed by atoms with Gasteiger partial charge in [0.1, 0.15) is 0 Å². The van der Waals surface area contributed by atoms with Gasteiger partial charge >= 0.3 is 18.9 Å². The maximum atomic E-state index is 3.28. The molecule has 0 aliphatic heterocycles. The predicted molar refractivity (Wildman–Crippen MR) is 53.5 cm³/mol. The van der Waals surface area contributed by atoms with E-state index >= 15 is 0 Å². The Hall–Kier alpha value is -0.183. The van der Waals surface area contributed by atoms with Crippen LogP contribution in [-0.4, -0.2) is 0 Å². The normalized spacial score (nSPS) is 10.8. The third kappa shape index (κ3) is 3.59. The van der Waals surface area contributed by atoms with Crippen molar-refractivity contribution < 1.29 is 18.9 Å². The van der Waals surface area contributed by atoms with E-state index in [1.165, 1.54) is 16.7 Å². The maximum Gasteiger partial charge on any atom is 1.00 e. The van der Waals surface area contributed by atoms with Gasteiger partial charge in [0.15, 0.2) is 0 Å². The van der Waals surface area contributed by atoms with Gasteiger partial charge in [0, 0.05) is 0 Å². The second kappa shape index (κ2) is 4.36. The molecule has 1 aromatic carbocycles. The summed E-state index contributed by atoms with van der Waals surface area (Å²) in [4.78, 5) is 0. The molecule has 0 radical (unpaired) electrons. The van der Waals surface area contributed by atoms with Gasteiger partial charge in [-0.3, -0.25) is 0 Å². The van der Waals surface area contributed by atoms with Gasteiger partial charge in [-0.15, -0.1) is 0 Å². The van der Waals surface area contributed by atoms with Crippen molar-refractivity contribution in [3.05, 3.63) is 34.9 Å². The van der Waals surface area contributed by atoms with Crippen molar-refractivity contribution >= 4 is 0 Å². The fraction of sp³-hybridized carbons (Fsp3) is 0.500. The first-order valence-electron chi connectivity index (χ1n) is 4.40. The first-order valence-corrected chi connectivity index (χ1v) is 4.40. The predicted octanol–water partition coefficient (Wildman–Crippen LogP) is 0.405. The van der Waals surface area contributed by atoms with E-state index in [1.807, 2.05) is 0 Å². The molecule has 0 aliphatic rings. The smallest absolute Gasteiger partial charge is 0.177 e. The summed E-state index contributed by atoms with van der Waals surface area (Å²) in [5.74, 6) is 0. The topological polar surface area (TPSA) is 0 Å². The molecular formula is C12H17Li. The number of hydrogen-bond acceptors (Lipinski definition) is 0. The van der Waals surface area contributed by atoms with Gasteiger partial charge in [0.05, 0.1) is 0 Å². The van der Waals surface area contributed by atoms with Gasteiger partial charge in [-0.1, -0.05) is 34.6 Å². The van der Waals surface area contributed by atoms with E-state index in [0.29, 0.717) is 0 Å². The molecule has 1 heteroatoms. The van der Waals surface area contributed by atoms with Gasteiger partial charge in [-0.05, 0) is 5.41 Å². The molecule has 0 N–H and O–H groups in total.